The van der Waals surface area contributed by atoms with Gasteiger partial charge in [0.05, 0.1) is 21.9 Å². The van der Waals surface area contributed by atoms with E-state index in [0.29, 0.717) is 27.9 Å². The molecule has 0 radical (unpaired) electrons. The molecule has 37 heavy (non-hydrogen) atoms. The molecule has 1 aliphatic heterocycles. The van der Waals surface area contributed by atoms with E-state index in [9.17, 15) is 14.4 Å². The van der Waals surface area contributed by atoms with Gasteiger partial charge in [-0.3, -0.25) is 19.3 Å². The number of thioether (sulfide) groups is 1. The molecule has 3 amide bonds. The zero-order valence-corrected chi connectivity index (χ0v) is 22.3. The molecule has 4 aliphatic rings. The van der Waals surface area contributed by atoms with E-state index < -0.39 is 23.8 Å². The predicted molar refractivity (Wildman–Crippen MR) is 147 cm³/mol. The molecule has 2 bridgehead atoms. The molecule has 1 saturated heterocycles. The van der Waals surface area contributed by atoms with Crippen molar-refractivity contribution in [3.05, 3.63) is 99.0 Å². The van der Waals surface area contributed by atoms with Crippen LogP contribution in [-0.4, -0.2) is 40.7 Å². The third-order valence-corrected chi connectivity index (χ3v) is 9.26. The van der Waals surface area contributed by atoms with Crippen molar-refractivity contribution >= 4 is 58.4 Å². The highest BCUT2D eigenvalue weighted by atomic mass is 35.5. The number of likely N-dealkylation sites (tertiary alicyclic amines) is 1. The van der Waals surface area contributed by atoms with Gasteiger partial charge in [0.25, 0.3) is 0 Å². The smallest absolute Gasteiger partial charge is 0.247 e. The Labute approximate surface area is 229 Å². The van der Waals surface area contributed by atoms with Crippen LogP contribution in [0.25, 0.3) is 0 Å². The summed E-state index contributed by atoms with van der Waals surface area (Å²) in [5, 5.41) is 3.54. The number of carbonyl (C=O) groups excluding carboxylic acids is 3. The van der Waals surface area contributed by atoms with Gasteiger partial charge in [-0.2, -0.15) is 11.8 Å². The summed E-state index contributed by atoms with van der Waals surface area (Å²) in [6, 6.07) is 20.1. The Balaban J connectivity index is 1.39. The Morgan fingerprint density at radius 3 is 1.84 bits per heavy atom. The molecular weight excluding hydrogens is 527 g/mol. The van der Waals surface area contributed by atoms with Crippen molar-refractivity contribution in [2.24, 2.45) is 11.8 Å². The standard InChI is InChI=1S/C29H24Cl2N2O3S/c1-37-13-12-22(27(34)32-15-10-11-20(30)21(31)14-15)33-28(35)25-23-16-6-2-3-7-17(16)24(26(25)29(33)36)19-9-5-4-8-18(19)23/h2-11,14,22-26H,12-13H2,1H3,(H,32,34)/t22-,23?,24?,25-,26+/m0/s1. The van der Waals surface area contributed by atoms with Gasteiger partial charge in [0.2, 0.25) is 17.7 Å². The maximum atomic E-state index is 14.1. The van der Waals surface area contributed by atoms with Crippen molar-refractivity contribution in [2.75, 3.05) is 17.3 Å². The normalized spacial score (nSPS) is 23.9. The fraction of sp³-hybridized carbons (Fsp3) is 0.276. The summed E-state index contributed by atoms with van der Waals surface area (Å²) < 4.78 is 0. The SMILES string of the molecule is CSCC[C@@H](C(=O)Nc1ccc(Cl)c(Cl)c1)N1C(=O)[C@@H]2C3c4ccccc4C(c4ccccc43)[C@@H]2C1=O. The van der Waals surface area contributed by atoms with E-state index in [1.807, 2.05) is 30.5 Å². The summed E-state index contributed by atoms with van der Waals surface area (Å²) in [5.74, 6) is -1.75. The number of hydrogen-bond acceptors (Lipinski definition) is 4. The third-order valence-electron chi connectivity index (χ3n) is 7.88. The van der Waals surface area contributed by atoms with E-state index in [2.05, 4.69) is 29.6 Å². The second-order valence-corrected chi connectivity index (χ2v) is 11.5. The first-order valence-corrected chi connectivity index (χ1v) is 14.4. The summed E-state index contributed by atoms with van der Waals surface area (Å²) in [6.45, 7) is 0. The number of rotatable bonds is 6. The number of anilines is 1. The minimum Gasteiger partial charge on any atom is -0.324 e. The van der Waals surface area contributed by atoms with E-state index in [1.54, 1.807) is 30.0 Å². The minimum atomic E-state index is -0.918. The average Bonchev–Trinajstić information content (AvgIpc) is 3.17. The Kier molecular flexibility index (Phi) is 6.30. The van der Waals surface area contributed by atoms with Gasteiger partial charge >= 0.3 is 0 Å². The Morgan fingerprint density at radius 1 is 0.865 bits per heavy atom. The number of imide groups is 1. The highest BCUT2D eigenvalue weighted by molar-refractivity contribution is 7.98. The molecule has 0 aromatic heterocycles. The predicted octanol–water partition coefficient (Wildman–Crippen LogP) is 5.95. The number of carbonyl (C=O) groups is 3. The summed E-state index contributed by atoms with van der Waals surface area (Å²) in [5.41, 5.74) is 4.89. The van der Waals surface area contributed by atoms with Crippen LogP contribution in [0.15, 0.2) is 66.7 Å². The lowest BCUT2D eigenvalue weighted by molar-refractivity contribution is -0.146. The van der Waals surface area contributed by atoms with Gasteiger partial charge in [-0.25, -0.2) is 0 Å². The number of nitrogens with zero attached hydrogens (tertiary/aromatic N) is 1. The van der Waals surface area contributed by atoms with Crippen molar-refractivity contribution in [1.29, 1.82) is 0 Å². The third kappa shape index (κ3) is 3.80. The zero-order valence-electron chi connectivity index (χ0n) is 20.0. The average molecular weight is 551 g/mol. The molecule has 188 valence electrons. The van der Waals surface area contributed by atoms with Gasteiger partial charge in [0.1, 0.15) is 6.04 Å². The van der Waals surface area contributed by atoms with Crippen LogP contribution in [0.3, 0.4) is 0 Å². The quantitative estimate of drug-likeness (QED) is 0.385. The maximum Gasteiger partial charge on any atom is 0.247 e. The first-order valence-electron chi connectivity index (χ1n) is 12.2. The van der Waals surface area contributed by atoms with Crippen LogP contribution in [0.4, 0.5) is 5.69 Å². The van der Waals surface area contributed by atoms with E-state index in [-0.39, 0.29) is 23.7 Å². The van der Waals surface area contributed by atoms with Gasteiger partial charge in [-0.15, -0.1) is 0 Å². The lowest BCUT2D eigenvalue weighted by atomic mass is 9.55. The second-order valence-electron chi connectivity index (χ2n) is 9.73. The van der Waals surface area contributed by atoms with Gasteiger partial charge < -0.3 is 5.32 Å². The first kappa shape index (κ1) is 24.5. The molecule has 8 heteroatoms. The molecule has 3 aromatic rings. The molecule has 0 spiro atoms. The molecule has 0 unspecified atom stereocenters. The molecule has 3 aliphatic carbocycles. The number of nitrogens with one attached hydrogen (secondary N) is 1. The molecular formula is C29H24Cl2N2O3S. The van der Waals surface area contributed by atoms with Gasteiger partial charge in [-0.05, 0) is 58.9 Å². The van der Waals surface area contributed by atoms with Crippen molar-refractivity contribution in [2.45, 2.75) is 24.3 Å². The number of halogens is 2. The van der Waals surface area contributed by atoms with Crippen molar-refractivity contribution < 1.29 is 14.4 Å². The largest absolute Gasteiger partial charge is 0.324 e. The van der Waals surface area contributed by atoms with Gasteiger partial charge in [0.15, 0.2) is 0 Å². The van der Waals surface area contributed by atoms with Crippen LogP contribution in [0.2, 0.25) is 10.0 Å². The molecule has 1 N–H and O–H groups in total. The van der Waals surface area contributed by atoms with Crippen LogP contribution in [0, 0.1) is 11.8 Å². The lowest BCUT2D eigenvalue weighted by Gasteiger charge is -2.45. The molecule has 7 rings (SSSR count). The molecule has 1 fully saturated rings. The lowest BCUT2D eigenvalue weighted by Crippen LogP contribution is -2.48. The molecule has 3 aromatic carbocycles. The minimum absolute atomic E-state index is 0.205. The van der Waals surface area contributed by atoms with E-state index >= 15 is 0 Å². The van der Waals surface area contributed by atoms with Crippen LogP contribution >= 0.6 is 35.0 Å². The summed E-state index contributed by atoms with van der Waals surface area (Å²) in [4.78, 5) is 43.0. The summed E-state index contributed by atoms with van der Waals surface area (Å²) >= 11 is 13.7. The highest BCUT2D eigenvalue weighted by Crippen LogP contribution is 2.61. The molecule has 5 nitrogen and oxygen atoms in total. The van der Waals surface area contributed by atoms with Gasteiger partial charge in [0, 0.05) is 17.5 Å². The number of amides is 3. The second kappa shape index (κ2) is 9.50. The van der Waals surface area contributed by atoms with Crippen LogP contribution in [0.1, 0.15) is 40.5 Å². The van der Waals surface area contributed by atoms with E-state index in [4.69, 9.17) is 23.2 Å². The van der Waals surface area contributed by atoms with Crippen LogP contribution in [-0.2, 0) is 14.4 Å². The Hall–Kier alpha value is -2.80. The molecule has 1 heterocycles. The van der Waals surface area contributed by atoms with Crippen LogP contribution < -0.4 is 5.32 Å². The fourth-order valence-corrected chi connectivity index (χ4v) is 7.17. The Bertz CT molecular complexity index is 1330. The summed E-state index contributed by atoms with van der Waals surface area (Å²) in [6.07, 6.45) is 2.30. The maximum absolute atomic E-state index is 14.1. The van der Waals surface area contributed by atoms with E-state index in [1.165, 1.54) is 4.90 Å². The van der Waals surface area contributed by atoms with Crippen LogP contribution in [0.5, 0.6) is 0 Å². The monoisotopic (exact) mass is 550 g/mol. The summed E-state index contributed by atoms with van der Waals surface area (Å²) in [7, 11) is 0. The topological polar surface area (TPSA) is 66.5 Å². The highest BCUT2D eigenvalue weighted by Gasteiger charge is 2.62. The number of benzene rings is 3. The first-order chi connectivity index (χ1) is 17.9. The van der Waals surface area contributed by atoms with E-state index in [0.717, 1.165) is 22.3 Å². The fourth-order valence-electron chi connectivity index (χ4n) is 6.41. The molecule has 3 atom stereocenters. The number of hydrogen-bond donors (Lipinski definition) is 1. The molecule has 0 saturated carbocycles. The van der Waals surface area contributed by atoms with Crippen molar-refractivity contribution in [1.82, 2.24) is 4.90 Å². The van der Waals surface area contributed by atoms with Gasteiger partial charge in [-0.1, -0.05) is 71.7 Å². The van der Waals surface area contributed by atoms with Crippen molar-refractivity contribution in [3.8, 4) is 0 Å². The van der Waals surface area contributed by atoms with Crippen molar-refractivity contribution in [3.63, 3.8) is 0 Å². The Morgan fingerprint density at radius 2 is 1.38 bits per heavy atom. The zero-order chi connectivity index (χ0) is 25.8.